The Labute approximate surface area is 271 Å². The average Bonchev–Trinajstić information content (AvgIpc) is 3.03. The van der Waals surface area contributed by atoms with Crippen LogP contribution < -0.4 is 15.4 Å². The second kappa shape index (κ2) is 18.1. The van der Waals surface area contributed by atoms with Crippen molar-refractivity contribution < 1.29 is 24.2 Å². The summed E-state index contributed by atoms with van der Waals surface area (Å²) in [6, 6.07) is 4.85. The van der Waals surface area contributed by atoms with Crippen molar-refractivity contribution in [3.05, 3.63) is 23.8 Å². The molecule has 0 saturated heterocycles. The topological polar surface area (TPSA) is 103 Å². The molecule has 0 spiro atoms. The molecule has 1 aliphatic heterocycles. The number of urea groups is 1. The largest absolute Gasteiger partial charge is 0.490 e. The van der Waals surface area contributed by atoms with Crippen LogP contribution in [-0.2, 0) is 4.74 Å². The number of carbonyl (C=O) groups excluding carboxylic acids is 2. The monoisotopic (exact) mass is 628 g/mol. The Balaban J connectivity index is 1.54. The van der Waals surface area contributed by atoms with Crippen LogP contribution in [0.15, 0.2) is 18.2 Å². The summed E-state index contributed by atoms with van der Waals surface area (Å²) < 4.78 is 12.9. The van der Waals surface area contributed by atoms with Gasteiger partial charge in [-0.15, -0.1) is 0 Å². The number of nitrogens with zero attached hydrogens (tertiary/aromatic N) is 2. The van der Waals surface area contributed by atoms with Gasteiger partial charge in [-0.25, -0.2) is 4.79 Å². The van der Waals surface area contributed by atoms with Crippen LogP contribution in [0.4, 0.5) is 10.5 Å². The molecular weight excluding hydrogens is 568 g/mol. The third-order valence-electron chi connectivity index (χ3n) is 10.0. The van der Waals surface area contributed by atoms with Crippen molar-refractivity contribution in [3.63, 3.8) is 0 Å². The van der Waals surface area contributed by atoms with Gasteiger partial charge in [0.15, 0.2) is 0 Å². The van der Waals surface area contributed by atoms with Crippen LogP contribution in [0.25, 0.3) is 0 Å². The number of likely N-dealkylation sites (N-methyl/N-ethyl adjacent to an activating group) is 1. The lowest BCUT2D eigenvalue weighted by Gasteiger charge is -2.36. The van der Waals surface area contributed by atoms with Gasteiger partial charge in [0.2, 0.25) is 0 Å². The second-order valence-corrected chi connectivity index (χ2v) is 14.2. The van der Waals surface area contributed by atoms with Crippen LogP contribution in [-0.4, -0.2) is 91.0 Å². The van der Waals surface area contributed by atoms with Crippen LogP contribution in [0.5, 0.6) is 5.75 Å². The number of aliphatic hydroxyl groups is 1. The van der Waals surface area contributed by atoms with Crippen molar-refractivity contribution in [3.8, 4) is 5.75 Å². The number of carbonyl (C=O) groups is 2. The van der Waals surface area contributed by atoms with Crippen molar-refractivity contribution in [1.29, 1.82) is 0 Å². The normalized spacial score (nSPS) is 25.6. The molecule has 0 aromatic heterocycles. The van der Waals surface area contributed by atoms with Gasteiger partial charge in [0.1, 0.15) is 5.75 Å². The van der Waals surface area contributed by atoms with Gasteiger partial charge in [0, 0.05) is 43.9 Å². The van der Waals surface area contributed by atoms with Crippen molar-refractivity contribution in [2.45, 2.75) is 129 Å². The first kappa shape index (κ1) is 35.5. The highest BCUT2D eigenvalue weighted by Crippen LogP contribution is 2.29. The lowest BCUT2D eigenvalue weighted by Crippen LogP contribution is -2.47. The van der Waals surface area contributed by atoms with E-state index >= 15 is 0 Å². The number of rotatable bonds is 8. The number of aliphatic hydroxyl groups excluding tert-OH is 1. The zero-order valence-electron chi connectivity index (χ0n) is 28.4. The van der Waals surface area contributed by atoms with Gasteiger partial charge >= 0.3 is 6.03 Å². The van der Waals surface area contributed by atoms with Gasteiger partial charge in [-0.3, -0.25) is 4.79 Å². The smallest absolute Gasteiger partial charge is 0.319 e. The standard InChI is InChI=1S/C36H60N4O5/c1-26-22-40(27(2)25-41)35(42)32-21-31(38-36(43)37-30-16-9-6-10-17-30)18-19-33(32)45-28(3)13-11-12-20-44-34(26)24-39(4)23-29-14-7-5-8-15-29/h18-19,21,26-30,34,41H,5-17,20,22-25H2,1-4H3,(H2,37,38,43)/t26-,27+,28-,34+/m0/s1. The molecule has 3 N–H and O–H groups in total. The lowest BCUT2D eigenvalue weighted by atomic mass is 9.89. The molecule has 3 aliphatic rings. The maximum atomic E-state index is 14.4. The van der Waals surface area contributed by atoms with E-state index in [-0.39, 0.29) is 42.7 Å². The van der Waals surface area contributed by atoms with E-state index in [0.717, 1.165) is 64.0 Å². The lowest BCUT2D eigenvalue weighted by molar-refractivity contribution is -0.0190. The van der Waals surface area contributed by atoms with Gasteiger partial charge in [0.25, 0.3) is 5.91 Å². The highest BCUT2D eigenvalue weighted by atomic mass is 16.5. The quantitative estimate of drug-likeness (QED) is 0.306. The first-order chi connectivity index (χ1) is 21.7. The van der Waals surface area contributed by atoms with Gasteiger partial charge in [-0.2, -0.15) is 0 Å². The number of amides is 3. The molecule has 0 unspecified atom stereocenters. The highest BCUT2D eigenvalue weighted by molar-refractivity contribution is 5.99. The summed E-state index contributed by atoms with van der Waals surface area (Å²) in [4.78, 5) is 31.4. The second-order valence-electron chi connectivity index (χ2n) is 14.2. The SMILES string of the molecule is C[C@H](CO)N1C[C@H](C)[C@@H](CN(C)CC2CCCCC2)OCCCC[C@H](C)Oc2ccc(NC(=O)NC3CCCCC3)cc2C1=O. The van der Waals surface area contributed by atoms with E-state index in [1.807, 2.05) is 13.8 Å². The summed E-state index contributed by atoms with van der Waals surface area (Å²) in [5, 5.41) is 16.3. The zero-order chi connectivity index (χ0) is 32.2. The Morgan fingerprint density at radius 3 is 2.40 bits per heavy atom. The Kier molecular flexibility index (Phi) is 14.3. The number of hydrogen-bond acceptors (Lipinski definition) is 6. The molecule has 1 aromatic carbocycles. The van der Waals surface area contributed by atoms with Crippen LogP contribution in [0.3, 0.4) is 0 Å². The minimum Gasteiger partial charge on any atom is -0.490 e. The van der Waals surface area contributed by atoms with Crippen LogP contribution in [0.2, 0.25) is 0 Å². The summed E-state index contributed by atoms with van der Waals surface area (Å²) in [5.41, 5.74) is 0.941. The number of benzene rings is 1. The molecule has 4 rings (SSSR count). The summed E-state index contributed by atoms with van der Waals surface area (Å²) in [7, 11) is 2.20. The first-order valence-electron chi connectivity index (χ1n) is 17.8. The number of fused-ring (bicyclic) bond motifs is 1. The van der Waals surface area contributed by atoms with E-state index in [4.69, 9.17) is 9.47 Å². The zero-order valence-corrected chi connectivity index (χ0v) is 28.4. The van der Waals surface area contributed by atoms with Crippen LogP contribution in [0.1, 0.15) is 115 Å². The van der Waals surface area contributed by atoms with E-state index in [9.17, 15) is 14.7 Å². The maximum absolute atomic E-state index is 14.4. The predicted octanol–water partition coefficient (Wildman–Crippen LogP) is 6.45. The molecular formula is C36H60N4O5. The highest BCUT2D eigenvalue weighted by Gasteiger charge is 2.31. The Bertz CT molecular complexity index is 1060. The molecule has 2 aliphatic carbocycles. The molecule has 0 radical (unpaired) electrons. The summed E-state index contributed by atoms with van der Waals surface area (Å²) in [6.07, 6.45) is 14.7. The Hall–Kier alpha value is -2.36. The Morgan fingerprint density at radius 2 is 1.69 bits per heavy atom. The first-order valence-corrected chi connectivity index (χ1v) is 17.8. The molecule has 0 bridgehead atoms. The van der Waals surface area contributed by atoms with E-state index in [0.29, 0.717) is 30.2 Å². The van der Waals surface area contributed by atoms with E-state index in [2.05, 4.69) is 29.5 Å². The maximum Gasteiger partial charge on any atom is 0.319 e. The fourth-order valence-electron chi connectivity index (χ4n) is 7.25. The van der Waals surface area contributed by atoms with Crippen molar-refractivity contribution in [1.82, 2.24) is 15.1 Å². The molecule has 2 saturated carbocycles. The Morgan fingerprint density at radius 1 is 1.00 bits per heavy atom. The molecule has 1 aromatic rings. The van der Waals surface area contributed by atoms with Gasteiger partial charge in [0.05, 0.1) is 30.4 Å². The van der Waals surface area contributed by atoms with Crippen LogP contribution in [0, 0.1) is 11.8 Å². The summed E-state index contributed by atoms with van der Waals surface area (Å²) in [6.45, 7) is 8.92. The third kappa shape index (κ3) is 11.1. The molecule has 2 fully saturated rings. The fraction of sp³-hybridized carbons (Fsp3) is 0.778. The molecule has 45 heavy (non-hydrogen) atoms. The number of hydrogen-bond donors (Lipinski definition) is 3. The predicted molar refractivity (Wildman–Crippen MR) is 180 cm³/mol. The van der Waals surface area contributed by atoms with E-state index in [1.54, 1.807) is 23.1 Å². The fourth-order valence-corrected chi connectivity index (χ4v) is 7.25. The molecule has 9 nitrogen and oxygen atoms in total. The van der Waals surface area contributed by atoms with Crippen molar-refractivity contribution in [2.75, 3.05) is 45.2 Å². The number of ether oxygens (including phenoxy) is 2. The van der Waals surface area contributed by atoms with Crippen molar-refractivity contribution >= 4 is 17.6 Å². The molecule has 1 heterocycles. The average molecular weight is 629 g/mol. The third-order valence-corrected chi connectivity index (χ3v) is 10.0. The molecule has 254 valence electrons. The minimum atomic E-state index is -0.398. The molecule has 9 heteroatoms. The van der Waals surface area contributed by atoms with E-state index < -0.39 is 6.04 Å². The van der Waals surface area contributed by atoms with Gasteiger partial charge in [-0.1, -0.05) is 45.4 Å². The minimum absolute atomic E-state index is 0.0349. The van der Waals surface area contributed by atoms with E-state index in [1.165, 1.54) is 38.5 Å². The number of nitrogens with one attached hydrogen (secondary N) is 2. The van der Waals surface area contributed by atoms with Crippen LogP contribution >= 0.6 is 0 Å². The molecule has 3 amide bonds. The van der Waals surface area contributed by atoms with Gasteiger partial charge in [-0.05, 0) is 90.0 Å². The number of anilines is 1. The summed E-state index contributed by atoms with van der Waals surface area (Å²) in [5.74, 6) is 1.08. The summed E-state index contributed by atoms with van der Waals surface area (Å²) >= 11 is 0. The van der Waals surface area contributed by atoms with Crippen molar-refractivity contribution in [2.24, 2.45) is 11.8 Å². The molecule has 4 atom stereocenters. The van der Waals surface area contributed by atoms with Gasteiger partial charge < -0.3 is 35.0 Å².